The number of carbonyl (C=O) groups is 1. The Labute approximate surface area is 162 Å². The highest BCUT2D eigenvalue weighted by Gasteiger charge is 2.26. The third-order valence-corrected chi connectivity index (χ3v) is 6.34. The Morgan fingerprint density at radius 2 is 1.79 bits per heavy atom. The van der Waals surface area contributed by atoms with Gasteiger partial charge in [0.05, 0.1) is 17.1 Å². The summed E-state index contributed by atoms with van der Waals surface area (Å²) in [6.45, 7) is 0.807. The summed E-state index contributed by atoms with van der Waals surface area (Å²) in [5, 5.41) is 5.15. The van der Waals surface area contributed by atoms with Crippen LogP contribution < -0.4 is 10.6 Å². The molecule has 0 atom stereocenters. The standard InChI is InChI=1S/C19H21F2N3O3S/c20-14-7-8-18(17(21)11-14)23-19(25)13-22-15-5-4-6-16(12-15)28(26,27)24-9-2-1-3-10-24/h4-8,11-12,22H,1-3,9-10,13H2,(H,23,25). The number of sulfonamides is 1. The first-order valence-corrected chi connectivity index (χ1v) is 10.4. The fourth-order valence-corrected chi connectivity index (χ4v) is 4.55. The first-order valence-electron chi connectivity index (χ1n) is 8.95. The lowest BCUT2D eigenvalue weighted by Crippen LogP contribution is -2.35. The number of hydrogen-bond acceptors (Lipinski definition) is 4. The molecule has 1 aliphatic heterocycles. The molecule has 0 spiro atoms. The van der Waals surface area contributed by atoms with Gasteiger partial charge in [0.25, 0.3) is 0 Å². The molecule has 1 amide bonds. The first-order chi connectivity index (χ1) is 13.4. The van der Waals surface area contributed by atoms with Gasteiger partial charge >= 0.3 is 0 Å². The summed E-state index contributed by atoms with van der Waals surface area (Å²) in [4.78, 5) is 12.1. The summed E-state index contributed by atoms with van der Waals surface area (Å²) in [7, 11) is -3.57. The highest BCUT2D eigenvalue weighted by Crippen LogP contribution is 2.23. The zero-order valence-electron chi connectivity index (χ0n) is 15.1. The van der Waals surface area contributed by atoms with Gasteiger partial charge in [-0.2, -0.15) is 4.31 Å². The number of piperidine rings is 1. The normalized spacial score (nSPS) is 15.2. The van der Waals surface area contributed by atoms with E-state index in [0.717, 1.165) is 31.4 Å². The topological polar surface area (TPSA) is 78.5 Å². The van der Waals surface area contributed by atoms with Crippen molar-refractivity contribution in [3.8, 4) is 0 Å². The Morgan fingerprint density at radius 1 is 1.04 bits per heavy atom. The van der Waals surface area contributed by atoms with E-state index in [0.29, 0.717) is 24.8 Å². The number of benzene rings is 2. The number of amides is 1. The van der Waals surface area contributed by atoms with Crippen molar-refractivity contribution in [3.05, 3.63) is 54.1 Å². The molecular weight excluding hydrogens is 388 g/mol. The lowest BCUT2D eigenvalue weighted by Gasteiger charge is -2.26. The van der Waals surface area contributed by atoms with Crippen LogP contribution in [0.4, 0.5) is 20.2 Å². The van der Waals surface area contributed by atoms with Gasteiger partial charge in [0.1, 0.15) is 11.6 Å². The Bertz CT molecular complexity index is 961. The van der Waals surface area contributed by atoms with Crippen LogP contribution >= 0.6 is 0 Å². The van der Waals surface area contributed by atoms with E-state index in [2.05, 4.69) is 10.6 Å². The van der Waals surface area contributed by atoms with Crippen LogP contribution in [0, 0.1) is 11.6 Å². The van der Waals surface area contributed by atoms with Crippen LogP contribution in [0.3, 0.4) is 0 Å². The van der Waals surface area contributed by atoms with E-state index in [1.165, 1.54) is 16.4 Å². The summed E-state index contributed by atoms with van der Waals surface area (Å²) >= 11 is 0. The van der Waals surface area contributed by atoms with Crippen LogP contribution in [0.25, 0.3) is 0 Å². The molecule has 1 aliphatic rings. The van der Waals surface area contributed by atoms with E-state index in [1.54, 1.807) is 12.1 Å². The van der Waals surface area contributed by atoms with Crippen molar-refractivity contribution in [2.24, 2.45) is 0 Å². The molecule has 2 aromatic carbocycles. The molecule has 1 saturated heterocycles. The predicted molar refractivity (Wildman–Crippen MR) is 103 cm³/mol. The van der Waals surface area contributed by atoms with Gasteiger partial charge in [-0.25, -0.2) is 17.2 Å². The van der Waals surface area contributed by atoms with Crippen molar-refractivity contribution in [1.29, 1.82) is 0 Å². The molecule has 150 valence electrons. The number of carbonyl (C=O) groups excluding carboxylic acids is 1. The van der Waals surface area contributed by atoms with Crippen LogP contribution in [0.1, 0.15) is 19.3 Å². The molecule has 0 unspecified atom stereocenters. The number of rotatable bonds is 6. The van der Waals surface area contributed by atoms with Crippen molar-refractivity contribution >= 4 is 27.3 Å². The van der Waals surface area contributed by atoms with Crippen molar-refractivity contribution < 1.29 is 22.0 Å². The molecule has 0 radical (unpaired) electrons. The summed E-state index contributed by atoms with van der Waals surface area (Å²) < 4.78 is 53.4. The number of nitrogens with one attached hydrogen (secondary N) is 2. The summed E-state index contributed by atoms with van der Waals surface area (Å²) in [6.07, 6.45) is 2.71. The van der Waals surface area contributed by atoms with Crippen molar-refractivity contribution in [2.45, 2.75) is 24.2 Å². The summed E-state index contributed by atoms with van der Waals surface area (Å²) in [5.74, 6) is -2.15. The first kappa shape index (κ1) is 20.2. The van der Waals surface area contributed by atoms with Gasteiger partial charge in [-0.05, 0) is 43.2 Å². The fourth-order valence-electron chi connectivity index (χ4n) is 2.99. The van der Waals surface area contributed by atoms with Gasteiger partial charge in [-0.15, -0.1) is 0 Å². The molecule has 28 heavy (non-hydrogen) atoms. The van der Waals surface area contributed by atoms with Gasteiger partial charge in [-0.3, -0.25) is 4.79 Å². The Kier molecular flexibility index (Phi) is 6.25. The number of hydrogen-bond donors (Lipinski definition) is 2. The van der Waals surface area contributed by atoms with Crippen molar-refractivity contribution in [1.82, 2.24) is 4.31 Å². The quantitative estimate of drug-likeness (QED) is 0.768. The number of nitrogens with zero attached hydrogens (tertiary/aromatic N) is 1. The van der Waals surface area contributed by atoms with E-state index in [4.69, 9.17) is 0 Å². The van der Waals surface area contributed by atoms with Crippen LogP contribution in [0.2, 0.25) is 0 Å². The van der Waals surface area contributed by atoms with E-state index >= 15 is 0 Å². The molecule has 1 heterocycles. The van der Waals surface area contributed by atoms with Crippen molar-refractivity contribution in [2.75, 3.05) is 30.3 Å². The molecule has 0 bridgehead atoms. The maximum atomic E-state index is 13.6. The highest BCUT2D eigenvalue weighted by molar-refractivity contribution is 7.89. The molecule has 6 nitrogen and oxygen atoms in total. The van der Waals surface area contributed by atoms with E-state index in [-0.39, 0.29) is 17.1 Å². The van der Waals surface area contributed by atoms with Crippen LogP contribution in [0.15, 0.2) is 47.4 Å². The zero-order valence-corrected chi connectivity index (χ0v) is 15.9. The molecule has 0 aliphatic carbocycles. The van der Waals surface area contributed by atoms with Crippen LogP contribution in [-0.2, 0) is 14.8 Å². The molecule has 3 rings (SSSR count). The third-order valence-electron chi connectivity index (χ3n) is 4.45. The van der Waals surface area contributed by atoms with Gasteiger partial charge in [0.15, 0.2) is 0 Å². The van der Waals surface area contributed by atoms with Gasteiger partial charge < -0.3 is 10.6 Å². The Balaban J connectivity index is 1.63. The van der Waals surface area contributed by atoms with E-state index < -0.39 is 27.6 Å². The number of halogens is 2. The smallest absolute Gasteiger partial charge is 0.243 e. The minimum Gasteiger partial charge on any atom is -0.376 e. The average molecular weight is 409 g/mol. The molecule has 2 aromatic rings. The van der Waals surface area contributed by atoms with Gasteiger partial charge in [-0.1, -0.05) is 12.5 Å². The Hall–Kier alpha value is -2.52. The molecular formula is C19H21F2N3O3S. The second-order valence-electron chi connectivity index (χ2n) is 6.52. The average Bonchev–Trinajstić information content (AvgIpc) is 2.69. The Morgan fingerprint density at radius 3 is 2.50 bits per heavy atom. The lowest BCUT2D eigenvalue weighted by molar-refractivity contribution is -0.114. The minimum absolute atomic E-state index is 0.130. The largest absolute Gasteiger partial charge is 0.376 e. The summed E-state index contributed by atoms with van der Waals surface area (Å²) in [6, 6.07) is 9.07. The van der Waals surface area contributed by atoms with Crippen LogP contribution in [-0.4, -0.2) is 38.3 Å². The maximum absolute atomic E-state index is 13.6. The molecule has 0 saturated carbocycles. The van der Waals surface area contributed by atoms with Gasteiger partial charge in [0.2, 0.25) is 15.9 Å². The maximum Gasteiger partial charge on any atom is 0.243 e. The highest BCUT2D eigenvalue weighted by atomic mass is 32.2. The molecule has 1 fully saturated rings. The second-order valence-corrected chi connectivity index (χ2v) is 8.46. The zero-order chi connectivity index (χ0) is 20.1. The minimum atomic E-state index is -3.57. The van der Waals surface area contributed by atoms with Crippen LogP contribution in [0.5, 0.6) is 0 Å². The molecule has 0 aromatic heterocycles. The van der Waals surface area contributed by atoms with Gasteiger partial charge in [0, 0.05) is 24.8 Å². The molecule has 2 N–H and O–H groups in total. The second kappa shape index (κ2) is 8.66. The fraction of sp³-hybridized carbons (Fsp3) is 0.316. The summed E-state index contributed by atoms with van der Waals surface area (Å²) in [5.41, 5.74) is 0.322. The monoisotopic (exact) mass is 409 g/mol. The van der Waals surface area contributed by atoms with Crippen molar-refractivity contribution in [3.63, 3.8) is 0 Å². The van der Waals surface area contributed by atoms with E-state index in [9.17, 15) is 22.0 Å². The van der Waals surface area contributed by atoms with E-state index in [1.807, 2.05) is 0 Å². The number of anilines is 2. The third kappa shape index (κ3) is 4.85. The SMILES string of the molecule is O=C(CNc1cccc(S(=O)(=O)N2CCCCC2)c1)Nc1ccc(F)cc1F. The molecule has 9 heteroatoms. The predicted octanol–water partition coefficient (Wildman–Crippen LogP) is 3.19. The lowest BCUT2D eigenvalue weighted by atomic mass is 10.2.